The van der Waals surface area contributed by atoms with Gasteiger partial charge in [0.05, 0.1) is 31.0 Å². The molecule has 0 aromatic heterocycles. The zero-order valence-electron chi connectivity index (χ0n) is 33.0. The molecule has 1 aliphatic rings. The third-order valence-electron chi connectivity index (χ3n) is 10.4. The average molecular weight is 746 g/mol. The summed E-state index contributed by atoms with van der Waals surface area (Å²) in [7, 11) is 0. The first-order chi connectivity index (χ1) is 25.0. The van der Waals surface area contributed by atoms with E-state index in [0.29, 0.717) is 25.7 Å². The van der Waals surface area contributed by atoms with Crippen LogP contribution in [0, 0.1) is 0 Å². The predicted molar refractivity (Wildman–Crippen MR) is 206 cm³/mol. The average Bonchev–Trinajstić information content (AvgIpc) is 3.12. The van der Waals surface area contributed by atoms with E-state index in [2.05, 4.69) is 19.2 Å². The first kappa shape index (κ1) is 48.9. The third kappa shape index (κ3) is 22.3. The van der Waals surface area contributed by atoms with Crippen LogP contribution in [0.1, 0.15) is 175 Å². The number of unbranched alkanes of at least 4 members (excludes halogenated alkanes) is 18. The van der Waals surface area contributed by atoms with Crippen LogP contribution in [0.4, 0.5) is 0 Å². The van der Waals surface area contributed by atoms with Crippen LogP contribution in [0.15, 0.2) is 12.2 Å². The van der Waals surface area contributed by atoms with Crippen molar-refractivity contribution in [3.8, 4) is 0 Å². The minimum Gasteiger partial charge on any atom is -0.394 e. The molecule has 1 saturated heterocycles. The largest absolute Gasteiger partial charge is 0.394 e. The Bertz CT molecular complexity index is 888. The molecule has 1 heterocycles. The second kappa shape index (κ2) is 30.1. The lowest BCUT2D eigenvalue weighted by Crippen LogP contribution is -2.60. The Balaban J connectivity index is 2.60. The molecule has 1 fully saturated rings. The SMILES string of the molecule is CCCCCCCCCCCCCC[C@@H](O)C(=O)N[C@@H](CO[C@@H]1O[C@H](CO)[C@@H](O)[C@H](O)[C@H]1O)[C@H](O)C=CCCC[C@@](C)(O)CCCCCCCCC. The molecule has 0 bridgehead atoms. The van der Waals surface area contributed by atoms with Gasteiger partial charge in [0.2, 0.25) is 5.91 Å². The Labute approximate surface area is 315 Å². The van der Waals surface area contributed by atoms with Crippen molar-refractivity contribution in [2.75, 3.05) is 13.2 Å². The van der Waals surface area contributed by atoms with E-state index in [9.17, 15) is 40.5 Å². The van der Waals surface area contributed by atoms with Crippen molar-refractivity contribution < 1.29 is 50.0 Å². The fraction of sp³-hybridized carbons (Fsp3) is 0.927. The topological polar surface area (TPSA) is 189 Å². The van der Waals surface area contributed by atoms with Crippen LogP contribution >= 0.6 is 0 Å². The molecule has 11 nitrogen and oxygen atoms in total. The molecular weight excluding hydrogens is 666 g/mol. The van der Waals surface area contributed by atoms with E-state index in [1.807, 2.05) is 6.92 Å². The third-order valence-corrected chi connectivity index (χ3v) is 10.4. The first-order valence-electron chi connectivity index (χ1n) is 20.9. The van der Waals surface area contributed by atoms with Crippen LogP contribution in [0.25, 0.3) is 0 Å². The van der Waals surface area contributed by atoms with E-state index < -0.39 is 67.1 Å². The summed E-state index contributed by atoms with van der Waals surface area (Å²) in [5, 5.41) is 75.3. The molecule has 0 spiro atoms. The predicted octanol–water partition coefficient (Wildman–Crippen LogP) is 5.72. The molecule has 0 unspecified atom stereocenters. The van der Waals surface area contributed by atoms with Crippen LogP contribution in [0.3, 0.4) is 0 Å². The van der Waals surface area contributed by atoms with Crippen molar-refractivity contribution in [1.82, 2.24) is 5.32 Å². The number of aliphatic hydroxyl groups excluding tert-OH is 6. The normalized spacial score (nSPS) is 23.8. The van der Waals surface area contributed by atoms with Crippen LogP contribution < -0.4 is 5.32 Å². The number of amides is 1. The van der Waals surface area contributed by atoms with Crippen LogP contribution in [-0.4, -0.2) is 109 Å². The Kier molecular flexibility index (Phi) is 28.3. The molecule has 8 N–H and O–H groups in total. The maximum atomic E-state index is 13.0. The van der Waals surface area contributed by atoms with Gasteiger partial charge in [-0.25, -0.2) is 0 Å². The highest BCUT2D eigenvalue weighted by molar-refractivity contribution is 5.80. The summed E-state index contributed by atoms with van der Waals surface area (Å²) < 4.78 is 11.1. The molecule has 1 aliphatic heterocycles. The van der Waals surface area contributed by atoms with E-state index in [4.69, 9.17) is 9.47 Å². The first-order valence-corrected chi connectivity index (χ1v) is 20.9. The molecule has 0 radical (unpaired) electrons. The van der Waals surface area contributed by atoms with Gasteiger partial charge in [0, 0.05) is 0 Å². The quantitative estimate of drug-likeness (QED) is 0.0305. The zero-order chi connectivity index (χ0) is 38.6. The Morgan fingerprint density at radius 2 is 1.25 bits per heavy atom. The lowest BCUT2D eigenvalue weighted by atomic mass is 9.92. The monoisotopic (exact) mass is 746 g/mol. The van der Waals surface area contributed by atoms with Crippen molar-refractivity contribution in [2.45, 2.75) is 229 Å². The molecule has 0 saturated carbocycles. The number of carbonyl (C=O) groups is 1. The Morgan fingerprint density at radius 1 is 0.750 bits per heavy atom. The maximum absolute atomic E-state index is 13.0. The van der Waals surface area contributed by atoms with Gasteiger partial charge < -0.3 is 50.5 Å². The molecule has 52 heavy (non-hydrogen) atoms. The minimum atomic E-state index is -1.63. The van der Waals surface area contributed by atoms with Gasteiger partial charge in [0.1, 0.15) is 30.5 Å². The number of rotatable bonds is 33. The minimum absolute atomic E-state index is 0.286. The van der Waals surface area contributed by atoms with E-state index in [1.165, 1.54) is 89.5 Å². The van der Waals surface area contributed by atoms with Gasteiger partial charge in [-0.3, -0.25) is 4.79 Å². The second-order valence-corrected chi connectivity index (χ2v) is 15.5. The summed E-state index contributed by atoms with van der Waals surface area (Å²) in [6, 6.07) is -1.03. The van der Waals surface area contributed by atoms with Gasteiger partial charge in [-0.05, 0) is 39.0 Å². The number of carbonyl (C=O) groups excluding carboxylic acids is 1. The van der Waals surface area contributed by atoms with Crippen molar-refractivity contribution in [3.05, 3.63) is 12.2 Å². The number of hydrogen-bond acceptors (Lipinski definition) is 10. The molecular formula is C41H79NO10. The summed E-state index contributed by atoms with van der Waals surface area (Å²) in [5.74, 6) is -0.653. The van der Waals surface area contributed by atoms with Crippen LogP contribution in [0.2, 0.25) is 0 Å². The van der Waals surface area contributed by atoms with E-state index >= 15 is 0 Å². The highest BCUT2D eigenvalue weighted by Gasteiger charge is 2.44. The molecule has 0 aliphatic carbocycles. The highest BCUT2D eigenvalue weighted by Crippen LogP contribution is 2.24. The summed E-state index contributed by atoms with van der Waals surface area (Å²) >= 11 is 0. The number of aliphatic hydroxyl groups is 7. The second-order valence-electron chi connectivity index (χ2n) is 15.5. The summed E-state index contributed by atoms with van der Waals surface area (Å²) in [6.07, 6.45) is 18.8. The Hall–Kier alpha value is -1.15. The standard InChI is InChI=1S/C41H79NO10/c1-4-6-8-10-12-13-14-15-16-17-19-22-27-34(45)39(49)42-32(31-51-40-38(48)37(47)36(46)35(30-43)52-40)33(44)26-23-21-25-29-41(3,50)28-24-20-18-11-9-7-5-2/h23,26,32-38,40,43-48,50H,4-22,24-25,27-31H2,1-3H3,(H,42,49)/t32-,33+,34+,35+,36+,37-,38+,40+,41-/m0/s1. The number of ether oxygens (including phenoxy) is 2. The number of hydrogen-bond donors (Lipinski definition) is 8. The fourth-order valence-corrected chi connectivity index (χ4v) is 6.78. The summed E-state index contributed by atoms with van der Waals surface area (Å²) in [6.45, 7) is 5.34. The van der Waals surface area contributed by atoms with Crippen molar-refractivity contribution in [1.29, 1.82) is 0 Å². The lowest BCUT2D eigenvalue weighted by Gasteiger charge is -2.40. The van der Waals surface area contributed by atoms with Crippen LogP contribution in [-0.2, 0) is 14.3 Å². The van der Waals surface area contributed by atoms with Gasteiger partial charge in [0.25, 0.3) is 0 Å². The summed E-state index contributed by atoms with van der Waals surface area (Å²) in [5.41, 5.74) is -0.755. The van der Waals surface area contributed by atoms with E-state index in [0.717, 1.165) is 38.5 Å². The molecule has 11 heteroatoms. The molecule has 0 aromatic rings. The fourth-order valence-electron chi connectivity index (χ4n) is 6.78. The summed E-state index contributed by atoms with van der Waals surface area (Å²) in [4.78, 5) is 13.0. The molecule has 1 amide bonds. The lowest BCUT2D eigenvalue weighted by molar-refractivity contribution is -0.302. The van der Waals surface area contributed by atoms with Gasteiger partial charge in [-0.15, -0.1) is 0 Å². The van der Waals surface area contributed by atoms with Crippen molar-refractivity contribution in [2.24, 2.45) is 0 Å². The highest BCUT2D eigenvalue weighted by atomic mass is 16.7. The zero-order valence-corrected chi connectivity index (χ0v) is 33.0. The van der Waals surface area contributed by atoms with Crippen molar-refractivity contribution in [3.63, 3.8) is 0 Å². The van der Waals surface area contributed by atoms with Gasteiger partial charge in [0.15, 0.2) is 6.29 Å². The molecule has 1 rings (SSSR count). The molecule has 308 valence electrons. The van der Waals surface area contributed by atoms with Gasteiger partial charge in [-0.1, -0.05) is 148 Å². The number of allylic oxidation sites excluding steroid dienone is 1. The van der Waals surface area contributed by atoms with E-state index in [1.54, 1.807) is 6.08 Å². The smallest absolute Gasteiger partial charge is 0.249 e. The van der Waals surface area contributed by atoms with Crippen LogP contribution in [0.5, 0.6) is 0 Å². The maximum Gasteiger partial charge on any atom is 0.249 e. The van der Waals surface area contributed by atoms with E-state index in [-0.39, 0.29) is 13.0 Å². The van der Waals surface area contributed by atoms with Gasteiger partial charge >= 0.3 is 0 Å². The Morgan fingerprint density at radius 3 is 1.79 bits per heavy atom. The number of nitrogens with one attached hydrogen (secondary N) is 1. The molecule has 0 aromatic carbocycles. The van der Waals surface area contributed by atoms with Gasteiger partial charge in [-0.2, -0.15) is 0 Å². The molecule has 9 atom stereocenters. The van der Waals surface area contributed by atoms with Crippen molar-refractivity contribution >= 4 is 5.91 Å².